The molecule has 50 heavy (non-hydrogen) atoms. The van der Waals surface area contributed by atoms with Gasteiger partial charge in [-0.3, -0.25) is 4.98 Å². The minimum atomic E-state index is 0.641. The number of aromatic nitrogens is 5. The minimum Gasteiger partial charge on any atom is -0.255 e. The lowest BCUT2D eigenvalue weighted by atomic mass is 9.93. The molecule has 0 spiro atoms. The van der Waals surface area contributed by atoms with Gasteiger partial charge in [-0.05, 0) is 40.5 Å². The molecule has 3 heterocycles. The fourth-order valence-corrected chi connectivity index (χ4v) is 6.53. The molecular formula is C45H29N5. The molecule has 0 atom stereocenters. The van der Waals surface area contributed by atoms with E-state index < -0.39 is 0 Å². The largest absolute Gasteiger partial charge is 0.255 e. The van der Waals surface area contributed by atoms with Crippen molar-refractivity contribution in [1.82, 2.24) is 24.9 Å². The molecule has 0 saturated carbocycles. The molecule has 9 rings (SSSR count). The summed E-state index contributed by atoms with van der Waals surface area (Å²) >= 11 is 0. The average Bonchev–Trinajstić information content (AvgIpc) is 3.21. The number of hydrogen-bond donors (Lipinski definition) is 0. The third-order valence-corrected chi connectivity index (χ3v) is 9.00. The van der Waals surface area contributed by atoms with Crippen LogP contribution in [-0.4, -0.2) is 24.9 Å². The van der Waals surface area contributed by atoms with Crippen LogP contribution < -0.4 is 0 Å². The molecule has 0 aliphatic rings. The molecule has 3 aromatic heterocycles. The number of benzene rings is 6. The van der Waals surface area contributed by atoms with Crippen LogP contribution in [-0.2, 0) is 0 Å². The van der Waals surface area contributed by atoms with Gasteiger partial charge in [0.2, 0.25) is 0 Å². The van der Waals surface area contributed by atoms with E-state index in [0.29, 0.717) is 17.5 Å². The minimum absolute atomic E-state index is 0.641. The highest BCUT2D eigenvalue weighted by Crippen LogP contribution is 2.38. The Hall–Kier alpha value is -6.85. The molecule has 0 bridgehead atoms. The summed E-state index contributed by atoms with van der Waals surface area (Å²) in [4.78, 5) is 24.3. The smallest absolute Gasteiger partial charge is 0.164 e. The van der Waals surface area contributed by atoms with Crippen LogP contribution in [0.15, 0.2) is 176 Å². The zero-order chi connectivity index (χ0) is 33.3. The summed E-state index contributed by atoms with van der Waals surface area (Å²) in [6.45, 7) is 0. The summed E-state index contributed by atoms with van der Waals surface area (Å²) in [7, 11) is 0. The Morgan fingerprint density at radius 1 is 0.320 bits per heavy atom. The molecule has 0 aliphatic heterocycles. The van der Waals surface area contributed by atoms with Crippen molar-refractivity contribution in [3.05, 3.63) is 176 Å². The molecule has 0 aliphatic carbocycles. The average molecular weight is 640 g/mol. The Labute approximate surface area is 289 Å². The molecule has 5 nitrogen and oxygen atoms in total. The molecule has 0 radical (unpaired) electrons. The van der Waals surface area contributed by atoms with E-state index in [9.17, 15) is 0 Å². The molecule has 5 heteroatoms. The summed E-state index contributed by atoms with van der Waals surface area (Å²) in [5, 5.41) is 3.39. The second kappa shape index (κ2) is 12.6. The first kappa shape index (κ1) is 29.3. The third kappa shape index (κ3) is 5.47. The SMILES string of the molecule is c1ccc(-c2nc(-c3ccccc3)nc(-c3ccc(-c4ccc(-c5cccc6c(-c7ccccn7)nc7ccccc7c56)cc4)cc3)n2)cc1. The molecule has 0 fully saturated rings. The van der Waals surface area contributed by atoms with Crippen LogP contribution in [0, 0.1) is 0 Å². The molecule has 0 saturated heterocycles. The van der Waals surface area contributed by atoms with Gasteiger partial charge in [-0.15, -0.1) is 0 Å². The highest BCUT2D eigenvalue weighted by Gasteiger charge is 2.16. The van der Waals surface area contributed by atoms with E-state index in [1.165, 1.54) is 10.9 Å². The topological polar surface area (TPSA) is 64.5 Å². The van der Waals surface area contributed by atoms with Crippen molar-refractivity contribution in [2.75, 3.05) is 0 Å². The Kier molecular flexibility index (Phi) is 7.41. The van der Waals surface area contributed by atoms with Crippen LogP contribution in [0.1, 0.15) is 0 Å². The van der Waals surface area contributed by atoms with E-state index in [1.54, 1.807) is 0 Å². The zero-order valence-electron chi connectivity index (χ0n) is 27.0. The van der Waals surface area contributed by atoms with Crippen molar-refractivity contribution >= 4 is 21.7 Å². The Bertz CT molecular complexity index is 2550. The summed E-state index contributed by atoms with van der Waals surface area (Å²) in [5.41, 5.74) is 10.1. The van der Waals surface area contributed by atoms with Gasteiger partial charge in [0.1, 0.15) is 0 Å². The van der Waals surface area contributed by atoms with Crippen molar-refractivity contribution in [3.8, 4) is 67.8 Å². The summed E-state index contributed by atoms with van der Waals surface area (Å²) in [6, 6.07) is 58.1. The van der Waals surface area contributed by atoms with E-state index in [1.807, 2.05) is 91.1 Å². The van der Waals surface area contributed by atoms with Crippen LogP contribution in [0.5, 0.6) is 0 Å². The maximum absolute atomic E-state index is 5.06. The maximum Gasteiger partial charge on any atom is 0.164 e. The van der Waals surface area contributed by atoms with Crippen molar-refractivity contribution < 1.29 is 0 Å². The van der Waals surface area contributed by atoms with Gasteiger partial charge in [-0.1, -0.05) is 152 Å². The van der Waals surface area contributed by atoms with Crippen LogP contribution in [0.4, 0.5) is 0 Å². The van der Waals surface area contributed by atoms with Crippen LogP contribution in [0.25, 0.3) is 89.5 Å². The lowest BCUT2D eigenvalue weighted by molar-refractivity contribution is 1.07. The van der Waals surface area contributed by atoms with Crippen molar-refractivity contribution in [1.29, 1.82) is 0 Å². The number of pyridine rings is 2. The third-order valence-electron chi connectivity index (χ3n) is 9.00. The number of para-hydroxylation sites is 1. The highest BCUT2D eigenvalue weighted by atomic mass is 15.0. The second-order valence-corrected chi connectivity index (χ2v) is 12.1. The first-order valence-electron chi connectivity index (χ1n) is 16.6. The van der Waals surface area contributed by atoms with Gasteiger partial charge in [-0.2, -0.15) is 0 Å². The van der Waals surface area contributed by atoms with Gasteiger partial charge in [0.15, 0.2) is 17.5 Å². The summed E-state index contributed by atoms with van der Waals surface area (Å²) in [6.07, 6.45) is 1.82. The Morgan fingerprint density at radius 3 is 1.42 bits per heavy atom. The lowest BCUT2D eigenvalue weighted by Crippen LogP contribution is -2.00. The molecule has 0 N–H and O–H groups in total. The molecule has 6 aromatic carbocycles. The van der Waals surface area contributed by atoms with Gasteiger partial charge in [-0.25, -0.2) is 19.9 Å². The van der Waals surface area contributed by atoms with E-state index in [2.05, 4.69) is 89.9 Å². The van der Waals surface area contributed by atoms with Gasteiger partial charge in [0, 0.05) is 39.0 Å². The fraction of sp³-hybridized carbons (Fsp3) is 0. The lowest BCUT2D eigenvalue weighted by Gasteiger charge is -2.14. The standard InChI is InChI=1S/C45H29N5/c1-3-12-33(13-4-1)43-48-44(34-14-5-2-6-15-34)50-45(49-43)35-27-23-31(24-28-35)30-21-25-32(26-22-30)36-17-11-18-38-41(36)37-16-7-8-19-39(37)47-42(38)40-20-9-10-29-46-40/h1-29H. The fourth-order valence-electron chi connectivity index (χ4n) is 6.53. The van der Waals surface area contributed by atoms with E-state index in [-0.39, 0.29) is 0 Å². The quantitative estimate of drug-likeness (QED) is 0.169. The molecule has 0 unspecified atom stereocenters. The van der Waals surface area contributed by atoms with Crippen molar-refractivity contribution in [2.45, 2.75) is 0 Å². The van der Waals surface area contributed by atoms with Gasteiger partial charge < -0.3 is 0 Å². The summed E-state index contributed by atoms with van der Waals surface area (Å²) < 4.78 is 0. The van der Waals surface area contributed by atoms with Gasteiger partial charge >= 0.3 is 0 Å². The second-order valence-electron chi connectivity index (χ2n) is 12.1. The zero-order valence-corrected chi connectivity index (χ0v) is 27.0. The predicted molar refractivity (Wildman–Crippen MR) is 203 cm³/mol. The highest BCUT2D eigenvalue weighted by molar-refractivity contribution is 6.16. The monoisotopic (exact) mass is 639 g/mol. The van der Waals surface area contributed by atoms with Crippen LogP contribution >= 0.6 is 0 Å². The van der Waals surface area contributed by atoms with Gasteiger partial charge in [0.05, 0.1) is 16.9 Å². The first-order chi connectivity index (χ1) is 24.8. The Morgan fingerprint density at radius 2 is 0.820 bits per heavy atom. The maximum atomic E-state index is 5.06. The van der Waals surface area contributed by atoms with Crippen molar-refractivity contribution in [2.24, 2.45) is 0 Å². The normalized spacial score (nSPS) is 11.2. The number of rotatable bonds is 6. The van der Waals surface area contributed by atoms with E-state index in [0.717, 1.165) is 61.1 Å². The van der Waals surface area contributed by atoms with Crippen molar-refractivity contribution in [3.63, 3.8) is 0 Å². The number of hydrogen-bond acceptors (Lipinski definition) is 5. The van der Waals surface area contributed by atoms with Crippen LogP contribution in [0.3, 0.4) is 0 Å². The van der Waals surface area contributed by atoms with E-state index >= 15 is 0 Å². The van der Waals surface area contributed by atoms with Crippen LogP contribution in [0.2, 0.25) is 0 Å². The first-order valence-corrected chi connectivity index (χ1v) is 16.6. The molecule has 234 valence electrons. The predicted octanol–water partition coefficient (Wildman–Crippen LogP) is 11.0. The number of nitrogens with zero attached hydrogens (tertiary/aromatic N) is 5. The van der Waals surface area contributed by atoms with E-state index in [4.69, 9.17) is 19.9 Å². The summed E-state index contributed by atoms with van der Waals surface area (Å²) in [5.74, 6) is 1.94. The molecule has 9 aromatic rings. The van der Waals surface area contributed by atoms with Gasteiger partial charge in [0.25, 0.3) is 0 Å². The number of fused-ring (bicyclic) bond motifs is 3. The molecule has 0 amide bonds. The Balaban J connectivity index is 1.08. The molecular weight excluding hydrogens is 611 g/mol.